The molecule has 4 aromatic rings. The second-order valence-corrected chi connectivity index (χ2v) is 8.07. The van der Waals surface area contributed by atoms with E-state index in [9.17, 15) is 8.78 Å². The van der Waals surface area contributed by atoms with Crippen LogP contribution in [-0.4, -0.2) is 0 Å². The van der Waals surface area contributed by atoms with E-state index in [1.54, 1.807) is 48.5 Å². The van der Waals surface area contributed by atoms with Crippen LogP contribution in [0.4, 0.5) is 20.2 Å². The average molecular weight is 519 g/mol. The third-order valence-corrected chi connectivity index (χ3v) is 5.66. The summed E-state index contributed by atoms with van der Waals surface area (Å²) in [4.78, 5) is 1.13. The number of benzene rings is 4. The third kappa shape index (κ3) is 6.20. The SMILES string of the molecule is Fc1cccc(C([N-]c2ccccc2[S-])C([N-]c2ccccc2[S-])c2cccc(F)c2)c1.[Ni]. The van der Waals surface area contributed by atoms with Gasteiger partial charge in [0.2, 0.25) is 0 Å². The monoisotopic (exact) mass is 518 g/mol. The minimum absolute atomic E-state index is 0. The molecule has 2 nitrogen and oxygen atoms in total. The Labute approximate surface area is 213 Å². The summed E-state index contributed by atoms with van der Waals surface area (Å²) in [5.74, 6) is -0.785. The molecule has 0 aromatic heterocycles. The van der Waals surface area contributed by atoms with Crippen LogP contribution in [0, 0.1) is 11.6 Å². The van der Waals surface area contributed by atoms with Crippen LogP contribution in [0.25, 0.3) is 10.6 Å². The van der Waals surface area contributed by atoms with Crippen LogP contribution in [0.2, 0.25) is 0 Å². The molecule has 0 saturated carbocycles. The van der Waals surface area contributed by atoms with Crippen LogP contribution >= 0.6 is 0 Å². The summed E-state index contributed by atoms with van der Waals surface area (Å²) >= 11 is 10.9. The van der Waals surface area contributed by atoms with E-state index < -0.39 is 23.7 Å². The van der Waals surface area contributed by atoms with Gasteiger partial charge in [0.1, 0.15) is 11.6 Å². The average Bonchev–Trinajstić information content (AvgIpc) is 2.78. The quantitative estimate of drug-likeness (QED) is 0.183. The zero-order chi connectivity index (χ0) is 22.5. The molecule has 33 heavy (non-hydrogen) atoms. The van der Waals surface area contributed by atoms with Gasteiger partial charge in [-0.25, -0.2) is 8.78 Å². The third-order valence-electron chi connectivity index (χ3n) is 4.97. The van der Waals surface area contributed by atoms with Gasteiger partial charge in [0.15, 0.2) is 0 Å². The standard InChI is InChI=1S/C26H20F2N2S2.Ni/c27-19-9-5-7-17(15-19)25(29-21-11-1-3-13-23(21)31)26(18-8-6-10-20(28)16-18)30-22-12-2-4-14-24(22)32;/h1-16,25-26,31-32H;/q-2;/p-2. The molecule has 4 aromatic carbocycles. The first-order valence-corrected chi connectivity index (χ1v) is 10.8. The van der Waals surface area contributed by atoms with Gasteiger partial charge in [0, 0.05) is 16.5 Å². The molecule has 0 radical (unpaired) electrons. The van der Waals surface area contributed by atoms with Gasteiger partial charge >= 0.3 is 0 Å². The molecule has 2 atom stereocenters. The van der Waals surface area contributed by atoms with Gasteiger partial charge in [-0.3, -0.25) is 0 Å². The molecule has 2 unspecified atom stereocenters. The Bertz CT molecular complexity index is 1130. The van der Waals surface area contributed by atoms with E-state index in [2.05, 4.69) is 0 Å². The molecule has 0 bridgehead atoms. The number of para-hydroxylation sites is 2. The summed E-state index contributed by atoms with van der Waals surface area (Å²) < 4.78 is 28.4. The Kier molecular flexibility index (Phi) is 8.62. The minimum Gasteiger partial charge on any atom is -0.781 e. The van der Waals surface area contributed by atoms with E-state index in [0.29, 0.717) is 32.3 Å². The Balaban J connectivity index is 0.00000306. The van der Waals surface area contributed by atoms with Gasteiger partial charge in [-0.05, 0) is 24.3 Å². The fourth-order valence-corrected chi connectivity index (χ4v) is 3.86. The van der Waals surface area contributed by atoms with Crippen molar-refractivity contribution in [3.63, 3.8) is 0 Å². The molecule has 172 valence electrons. The van der Waals surface area contributed by atoms with E-state index in [1.807, 2.05) is 24.3 Å². The molecule has 0 amide bonds. The Morgan fingerprint density at radius 1 is 0.545 bits per heavy atom. The van der Waals surface area contributed by atoms with Crippen molar-refractivity contribution >= 4 is 36.6 Å². The molecule has 0 aliphatic carbocycles. The van der Waals surface area contributed by atoms with Gasteiger partial charge in [0.25, 0.3) is 0 Å². The second-order valence-electron chi connectivity index (χ2n) is 7.19. The van der Waals surface area contributed by atoms with E-state index in [0.717, 1.165) is 0 Å². The topological polar surface area (TPSA) is 28.2 Å². The molecule has 0 aliphatic rings. The number of hydrogen-bond donors (Lipinski definition) is 0. The zero-order valence-electron chi connectivity index (χ0n) is 17.2. The van der Waals surface area contributed by atoms with Crippen molar-refractivity contribution in [3.05, 3.63) is 130 Å². The summed E-state index contributed by atoms with van der Waals surface area (Å²) in [5, 5.41) is 9.76. The summed E-state index contributed by atoms with van der Waals surface area (Å²) in [7, 11) is 0. The van der Waals surface area contributed by atoms with Crippen molar-refractivity contribution in [1.29, 1.82) is 0 Å². The van der Waals surface area contributed by atoms with Crippen LogP contribution in [0.15, 0.2) is 107 Å². The molecule has 4 rings (SSSR count). The van der Waals surface area contributed by atoms with Gasteiger partial charge in [-0.15, -0.1) is 12.1 Å². The first-order valence-electron chi connectivity index (χ1n) is 9.96. The van der Waals surface area contributed by atoms with Crippen molar-refractivity contribution in [3.8, 4) is 0 Å². The van der Waals surface area contributed by atoms with Gasteiger partial charge in [-0.2, -0.15) is 21.2 Å². The molecule has 0 saturated heterocycles. The molecule has 0 fully saturated rings. The number of rotatable bonds is 7. The van der Waals surface area contributed by atoms with Crippen LogP contribution in [0.5, 0.6) is 0 Å². The largest absolute Gasteiger partial charge is 0.781 e. The predicted molar refractivity (Wildman–Crippen MR) is 128 cm³/mol. The van der Waals surface area contributed by atoms with Crippen LogP contribution in [0.1, 0.15) is 23.2 Å². The smallest absolute Gasteiger partial charge is 0.123 e. The number of hydrogen-bond acceptors (Lipinski definition) is 2. The summed E-state index contributed by atoms with van der Waals surface area (Å²) in [6.45, 7) is 0. The second kappa shape index (κ2) is 11.4. The van der Waals surface area contributed by atoms with Crippen LogP contribution in [-0.2, 0) is 41.7 Å². The first kappa shape index (κ1) is 24.9. The number of nitrogens with zero attached hydrogens (tertiary/aromatic N) is 2. The summed E-state index contributed by atoms with van der Waals surface area (Å²) in [5.41, 5.74) is 2.37. The van der Waals surface area contributed by atoms with Gasteiger partial charge in [0.05, 0.1) is 0 Å². The summed E-state index contributed by atoms with van der Waals surface area (Å²) in [6, 6.07) is 25.6. The summed E-state index contributed by atoms with van der Waals surface area (Å²) in [6.07, 6.45) is 0. The van der Waals surface area contributed by atoms with Crippen molar-refractivity contribution < 1.29 is 25.3 Å². The molecule has 0 spiro atoms. The van der Waals surface area contributed by atoms with Crippen molar-refractivity contribution in [2.24, 2.45) is 0 Å². The van der Waals surface area contributed by atoms with E-state index >= 15 is 0 Å². The minimum atomic E-state index is -0.661. The van der Waals surface area contributed by atoms with E-state index in [-0.39, 0.29) is 16.5 Å². The van der Waals surface area contributed by atoms with Gasteiger partial charge < -0.3 is 35.9 Å². The van der Waals surface area contributed by atoms with Crippen molar-refractivity contribution in [2.45, 2.75) is 21.9 Å². The molecule has 0 N–H and O–H groups in total. The maximum atomic E-state index is 14.2. The van der Waals surface area contributed by atoms with E-state index in [4.69, 9.17) is 35.9 Å². The van der Waals surface area contributed by atoms with E-state index in [1.165, 1.54) is 24.3 Å². The maximum Gasteiger partial charge on any atom is 0.123 e. The molecule has 0 heterocycles. The Morgan fingerprint density at radius 2 is 0.939 bits per heavy atom. The van der Waals surface area contributed by atoms with Crippen molar-refractivity contribution in [1.82, 2.24) is 0 Å². The maximum absolute atomic E-state index is 14.2. The zero-order valence-corrected chi connectivity index (χ0v) is 19.8. The van der Waals surface area contributed by atoms with Crippen molar-refractivity contribution in [2.75, 3.05) is 0 Å². The molecule has 0 aliphatic heterocycles. The van der Waals surface area contributed by atoms with Crippen LogP contribution in [0.3, 0.4) is 0 Å². The molecular formula is C26H18F2N2NiS2-4. The Hall–Kier alpha value is -2.73. The molecular weight excluding hydrogens is 501 g/mol. The predicted octanol–water partition coefficient (Wildman–Crippen LogP) is 7.97. The van der Waals surface area contributed by atoms with Crippen LogP contribution < -0.4 is 0 Å². The Morgan fingerprint density at radius 3 is 1.30 bits per heavy atom. The first-order chi connectivity index (χ1) is 15.5. The molecule has 7 heteroatoms. The number of halogens is 2. The fourth-order valence-electron chi connectivity index (χ4n) is 3.46. The fraction of sp³-hybridized carbons (Fsp3) is 0.0769. The normalized spacial score (nSPS) is 12.3. The van der Waals surface area contributed by atoms with Gasteiger partial charge in [-0.1, -0.05) is 83.9 Å².